The molecule has 1 aliphatic carbocycles. The van der Waals surface area contributed by atoms with Gasteiger partial charge in [-0.15, -0.1) is 0 Å². The van der Waals surface area contributed by atoms with E-state index in [9.17, 15) is 9.18 Å². The van der Waals surface area contributed by atoms with Crippen LogP contribution in [0.2, 0.25) is 0 Å². The smallest absolute Gasteiger partial charge is 0.143 e. The topological polar surface area (TPSA) is 17.1 Å². The molecule has 0 spiro atoms. The standard InChI is InChI=1S/C15H19FO/c1-4-13-14(17)12(9-15(13,2)3)10-5-7-11(16)8-6-10/h5-8,12-13H,4,9H2,1-3H3. The van der Waals surface area contributed by atoms with Crippen molar-refractivity contribution in [3.63, 3.8) is 0 Å². The van der Waals surface area contributed by atoms with Crippen LogP contribution in [0.25, 0.3) is 0 Å². The molecule has 1 aromatic rings. The minimum atomic E-state index is -0.245. The van der Waals surface area contributed by atoms with Crippen molar-refractivity contribution in [3.05, 3.63) is 35.6 Å². The Morgan fingerprint density at radius 1 is 1.29 bits per heavy atom. The lowest BCUT2D eigenvalue weighted by Gasteiger charge is -2.23. The first kappa shape index (κ1) is 12.3. The third-order valence-electron chi connectivity index (χ3n) is 4.04. The zero-order valence-electron chi connectivity index (χ0n) is 10.7. The van der Waals surface area contributed by atoms with Gasteiger partial charge in [0.25, 0.3) is 0 Å². The second-order valence-corrected chi connectivity index (χ2v) is 5.66. The molecule has 1 aromatic carbocycles. The van der Waals surface area contributed by atoms with Gasteiger partial charge in [-0.3, -0.25) is 4.79 Å². The number of Topliss-reactive ketones (excluding diaryl/α,β-unsaturated/α-hetero) is 1. The fraction of sp³-hybridized carbons (Fsp3) is 0.533. The molecule has 1 aliphatic rings. The zero-order chi connectivity index (χ0) is 12.6. The summed E-state index contributed by atoms with van der Waals surface area (Å²) in [4.78, 5) is 12.3. The lowest BCUT2D eigenvalue weighted by atomic mass is 9.80. The Balaban J connectivity index is 2.30. The Morgan fingerprint density at radius 3 is 2.35 bits per heavy atom. The number of rotatable bonds is 2. The number of carbonyl (C=O) groups is 1. The van der Waals surface area contributed by atoms with Crippen molar-refractivity contribution in [2.75, 3.05) is 0 Å². The largest absolute Gasteiger partial charge is 0.299 e. The Morgan fingerprint density at radius 2 is 1.88 bits per heavy atom. The minimum absolute atomic E-state index is 0.0458. The molecule has 2 atom stereocenters. The van der Waals surface area contributed by atoms with E-state index < -0.39 is 0 Å². The first-order valence-corrected chi connectivity index (χ1v) is 6.25. The SMILES string of the molecule is CCC1C(=O)C(c2ccc(F)cc2)CC1(C)C. The minimum Gasteiger partial charge on any atom is -0.299 e. The molecule has 0 bridgehead atoms. The molecule has 0 aliphatic heterocycles. The molecule has 2 unspecified atom stereocenters. The van der Waals surface area contributed by atoms with Gasteiger partial charge in [0.2, 0.25) is 0 Å². The summed E-state index contributed by atoms with van der Waals surface area (Å²) in [6.07, 6.45) is 1.76. The van der Waals surface area contributed by atoms with Crippen LogP contribution in [0, 0.1) is 17.2 Å². The Hall–Kier alpha value is -1.18. The van der Waals surface area contributed by atoms with E-state index in [2.05, 4.69) is 20.8 Å². The first-order chi connectivity index (χ1) is 7.95. The van der Waals surface area contributed by atoms with Gasteiger partial charge in [0.1, 0.15) is 11.6 Å². The van der Waals surface area contributed by atoms with E-state index in [1.165, 1.54) is 12.1 Å². The quantitative estimate of drug-likeness (QED) is 0.757. The van der Waals surface area contributed by atoms with Gasteiger partial charge in [-0.05, 0) is 36.0 Å². The summed E-state index contributed by atoms with van der Waals surface area (Å²) in [7, 11) is 0. The Labute approximate surface area is 102 Å². The van der Waals surface area contributed by atoms with E-state index in [1.54, 1.807) is 12.1 Å². The van der Waals surface area contributed by atoms with Crippen molar-refractivity contribution >= 4 is 5.78 Å². The van der Waals surface area contributed by atoms with Crippen LogP contribution in [-0.4, -0.2) is 5.78 Å². The van der Waals surface area contributed by atoms with Gasteiger partial charge in [-0.25, -0.2) is 4.39 Å². The highest BCUT2D eigenvalue weighted by atomic mass is 19.1. The highest BCUT2D eigenvalue weighted by Crippen LogP contribution is 2.48. The number of carbonyl (C=O) groups excluding carboxylic acids is 1. The summed E-state index contributed by atoms with van der Waals surface area (Å²) >= 11 is 0. The molecule has 2 heteroatoms. The zero-order valence-corrected chi connectivity index (χ0v) is 10.7. The van der Waals surface area contributed by atoms with Crippen molar-refractivity contribution < 1.29 is 9.18 Å². The predicted octanol–water partition coefficient (Wildman–Crippen LogP) is 3.93. The second kappa shape index (κ2) is 4.25. The average Bonchev–Trinajstić information content (AvgIpc) is 2.50. The molecule has 0 aromatic heterocycles. The molecule has 1 nitrogen and oxygen atoms in total. The van der Waals surface area contributed by atoms with Crippen LogP contribution < -0.4 is 0 Å². The molecule has 17 heavy (non-hydrogen) atoms. The number of hydrogen-bond donors (Lipinski definition) is 0. The molecule has 0 heterocycles. The van der Waals surface area contributed by atoms with E-state index >= 15 is 0 Å². The van der Waals surface area contributed by atoms with Crippen LogP contribution in [0.5, 0.6) is 0 Å². The summed E-state index contributed by atoms with van der Waals surface area (Å²) in [5.41, 5.74) is 1.02. The molecular weight excluding hydrogens is 215 g/mol. The van der Waals surface area contributed by atoms with Gasteiger partial charge in [-0.1, -0.05) is 32.9 Å². The molecular formula is C15H19FO. The van der Waals surface area contributed by atoms with Crippen molar-refractivity contribution in [1.82, 2.24) is 0 Å². The maximum atomic E-state index is 12.9. The van der Waals surface area contributed by atoms with Crippen LogP contribution in [0.4, 0.5) is 4.39 Å². The van der Waals surface area contributed by atoms with Crippen molar-refractivity contribution in [2.45, 2.75) is 39.5 Å². The van der Waals surface area contributed by atoms with E-state index in [0.717, 1.165) is 18.4 Å². The average molecular weight is 234 g/mol. The predicted molar refractivity (Wildman–Crippen MR) is 66.3 cm³/mol. The summed E-state index contributed by atoms with van der Waals surface area (Å²) in [6, 6.07) is 6.36. The number of ketones is 1. The summed E-state index contributed by atoms with van der Waals surface area (Å²) < 4.78 is 12.9. The third kappa shape index (κ3) is 2.13. The van der Waals surface area contributed by atoms with Gasteiger partial charge in [0.05, 0.1) is 0 Å². The second-order valence-electron chi connectivity index (χ2n) is 5.66. The molecule has 0 saturated heterocycles. The van der Waals surface area contributed by atoms with Gasteiger partial charge in [-0.2, -0.15) is 0 Å². The fourth-order valence-corrected chi connectivity index (χ4v) is 3.13. The highest BCUT2D eigenvalue weighted by molar-refractivity contribution is 5.90. The third-order valence-corrected chi connectivity index (χ3v) is 4.04. The van der Waals surface area contributed by atoms with E-state index in [4.69, 9.17) is 0 Å². The number of benzene rings is 1. The first-order valence-electron chi connectivity index (χ1n) is 6.25. The lowest BCUT2D eigenvalue weighted by Crippen LogP contribution is -2.21. The molecule has 1 saturated carbocycles. The van der Waals surface area contributed by atoms with Crippen molar-refractivity contribution in [3.8, 4) is 0 Å². The lowest BCUT2D eigenvalue weighted by molar-refractivity contribution is -0.123. The number of hydrogen-bond acceptors (Lipinski definition) is 1. The van der Waals surface area contributed by atoms with Crippen LogP contribution in [-0.2, 0) is 4.79 Å². The van der Waals surface area contributed by atoms with E-state index in [-0.39, 0.29) is 23.1 Å². The molecule has 0 N–H and O–H groups in total. The van der Waals surface area contributed by atoms with Crippen LogP contribution in [0.15, 0.2) is 24.3 Å². The monoisotopic (exact) mass is 234 g/mol. The summed E-state index contributed by atoms with van der Waals surface area (Å²) in [5, 5.41) is 0. The van der Waals surface area contributed by atoms with Crippen LogP contribution >= 0.6 is 0 Å². The summed E-state index contributed by atoms with van der Waals surface area (Å²) in [6.45, 7) is 6.38. The number of halogens is 1. The van der Waals surface area contributed by atoms with Gasteiger partial charge in [0.15, 0.2) is 0 Å². The molecule has 0 radical (unpaired) electrons. The Kier molecular flexibility index (Phi) is 3.07. The van der Waals surface area contributed by atoms with Crippen LogP contribution in [0.1, 0.15) is 45.1 Å². The molecule has 1 fully saturated rings. The fourth-order valence-electron chi connectivity index (χ4n) is 3.13. The van der Waals surface area contributed by atoms with Crippen LogP contribution in [0.3, 0.4) is 0 Å². The maximum Gasteiger partial charge on any atom is 0.143 e. The molecule has 92 valence electrons. The van der Waals surface area contributed by atoms with Crippen molar-refractivity contribution in [1.29, 1.82) is 0 Å². The Bertz CT molecular complexity index is 419. The summed E-state index contributed by atoms with van der Waals surface area (Å²) in [5.74, 6) is 0.169. The van der Waals surface area contributed by atoms with E-state index in [0.29, 0.717) is 5.78 Å². The van der Waals surface area contributed by atoms with E-state index in [1.807, 2.05) is 0 Å². The van der Waals surface area contributed by atoms with Gasteiger partial charge in [0, 0.05) is 11.8 Å². The van der Waals surface area contributed by atoms with Gasteiger partial charge < -0.3 is 0 Å². The van der Waals surface area contributed by atoms with Crippen molar-refractivity contribution in [2.24, 2.45) is 11.3 Å². The normalized spacial score (nSPS) is 27.4. The highest BCUT2D eigenvalue weighted by Gasteiger charge is 2.46. The maximum absolute atomic E-state index is 12.9. The van der Waals surface area contributed by atoms with Gasteiger partial charge >= 0.3 is 0 Å². The molecule has 2 rings (SSSR count). The molecule has 0 amide bonds.